The lowest BCUT2D eigenvalue weighted by Gasteiger charge is -2.19. The Bertz CT molecular complexity index is 611. The van der Waals surface area contributed by atoms with Crippen LogP contribution in [0.3, 0.4) is 0 Å². The number of rotatable bonds is 4. The summed E-state index contributed by atoms with van der Waals surface area (Å²) in [5, 5.41) is 20.3. The number of carbonyl (C=O) groups is 2. The molecule has 0 spiro atoms. The van der Waals surface area contributed by atoms with Crippen molar-refractivity contribution in [1.82, 2.24) is 4.90 Å². The molecule has 0 saturated carbocycles. The Kier molecular flexibility index (Phi) is 5.13. The summed E-state index contributed by atoms with van der Waals surface area (Å²) in [6.45, 7) is 1.10. The number of nitrogens with one attached hydrogen (secondary N) is 1. The first-order valence-corrected chi connectivity index (χ1v) is 5.70. The Morgan fingerprint density at radius 3 is 2.75 bits per heavy atom. The van der Waals surface area contributed by atoms with Crippen LogP contribution in [0.2, 0.25) is 0 Å². The van der Waals surface area contributed by atoms with Crippen molar-refractivity contribution < 1.29 is 14.7 Å². The molecule has 1 rings (SSSR count). The average molecular weight is 271 g/mol. The van der Waals surface area contributed by atoms with Gasteiger partial charge in [-0.1, -0.05) is 18.1 Å². The number of nitriles is 1. The second-order valence-electron chi connectivity index (χ2n) is 3.99. The van der Waals surface area contributed by atoms with E-state index in [0.717, 1.165) is 4.90 Å². The van der Waals surface area contributed by atoms with Crippen LogP contribution in [0.1, 0.15) is 11.1 Å². The fourth-order valence-corrected chi connectivity index (χ4v) is 1.59. The molecular formula is C14H13N3O3. The number of hydrogen-bond acceptors (Lipinski definition) is 3. The van der Waals surface area contributed by atoms with E-state index in [1.165, 1.54) is 0 Å². The Morgan fingerprint density at radius 1 is 1.50 bits per heavy atom. The molecule has 6 nitrogen and oxygen atoms in total. The summed E-state index contributed by atoms with van der Waals surface area (Å²) in [7, 11) is 0. The smallest absolute Gasteiger partial charge is 0.323 e. The quantitative estimate of drug-likeness (QED) is 0.810. The van der Waals surface area contributed by atoms with E-state index in [1.54, 1.807) is 25.1 Å². The van der Waals surface area contributed by atoms with Gasteiger partial charge in [0.2, 0.25) is 0 Å². The molecule has 0 aromatic heterocycles. The van der Waals surface area contributed by atoms with E-state index in [2.05, 4.69) is 11.2 Å². The molecule has 0 heterocycles. The Hall–Kier alpha value is -2.99. The zero-order chi connectivity index (χ0) is 15.1. The van der Waals surface area contributed by atoms with Crippen LogP contribution in [-0.4, -0.2) is 35.1 Å². The van der Waals surface area contributed by atoms with Crippen LogP contribution in [0.25, 0.3) is 0 Å². The minimum atomic E-state index is -1.17. The lowest BCUT2D eigenvalue weighted by molar-refractivity contribution is -0.137. The molecule has 0 fully saturated rings. The second kappa shape index (κ2) is 6.81. The maximum atomic E-state index is 12.0. The molecule has 1 aromatic rings. The highest BCUT2D eigenvalue weighted by atomic mass is 16.4. The maximum Gasteiger partial charge on any atom is 0.323 e. The number of anilines is 1. The van der Waals surface area contributed by atoms with Gasteiger partial charge in [0.1, 0.15) is 12.6 Å². The number of nitrogens with zero attached hydrogens (tertiary/aromatic N) is 2. The number of benzene rings is 1. The minimum Gasteiger partial charge on any atom is -0.480 e. The lowest BCUT2D eigenvalue weighted by Crippen LogP contribution is -2.39. The van der Waals surface area contributed by atoms with E-state index in [4.69, 9.17) is 16.8 Å². The highest BCUT2D eigenvalue weighted by molar-refractivity contribution is 5.93. The molecule has 0 aliphatic carbocycles. The predicted molar refractivity (Wildman–Crippen MR) is 73.0 cm³/mol. The number of amides is 2. The van der Waals surface area contributed by atoms with E-state index < -0.39 is 18.5 Å². The molecule has 20 heavy (non-hydrogen) atoms. The van der Waals surface area contributed by atoms with Crippen LogP contribution in [0.15, 0.2) is 18.2 Å². The van der Waals surface area contributed by atoms with Crippen LogP contribution in [0.5, 0.6) is 0 Å². The summed E-state index contributed by atoms with van der Waals surface area (Å²) >= 11 is 0. The highest BCUT2D eigenvalue weighted by Gasteiger charge is 2.17. The van der Waals surface area contributed by atoms with Gasteiger partial charge in [-0.3, -0.25) is 4.79 Å². The molecule has 0 radical (unpaired) electrons. The summed E-state index contributed by atoms with van der Waals surface area (Å²) in [5.74, 6) is 1.05. The van der Waals surface area contributed by atoms with Crippen molar-refractivity contribution in [2.24, 2.45) is 0 Å². The number of terminal acetylenes is 1. The molecule has 6 heteroatoms. The molecule has 1 aromatic carbocycles. The number of hydrogen-bond donors (Lipinski definition) is 2. The van der Waals surface area contributed by atoms with E-state index >= 15 is 0 Å². The van der Waals surface area contributed by atoms with Crippen molar-refractivity contribution in [2.45, 2.75) is 6.92 Å². The van der Waals surface area contributed by atoms with Crippen LogP contribution < -0.4 is 5.32 Å². The molecule has 2 amide bonds. The van der Waals surface area contributed by atoms with Crippen molar-refractivity contribution in [3.8, 4) is 18.4 Å². The molecule has 0 unspecified atom stereocenters. The third-order valence-corrected chi connectivity index (χ3v) is 2.52. The Balaban J connectivity index is 2.94. The van der Waals surface area contributed by atoms with Gasteiger partial charge in [0.25, 0.3) is 0 Å². The summed E-state index contributed by atoms with van der Waals surface area (Å²) in [5.41, 5.74) is 1.37. The van der Waals surface area contributed by atoms with Gasteiger partial charge in [0, 0.05) is 0 Å². The third-order valence-electron chi connectivity index (χ3n) is 2.52. The topological polar surface area (TPSA) is 93.4 Å². The molecule has 0 atom stereocenters. The first kappa shape index (κ1) is 15.1. The number of carboxylic acid groups (broad SMARTS) is 1. The van der Waals surface area contributed by atoms with Crippen molar-refractivity contribution in [1.29, 1.82) is 5.26 Å². The zero-order valence-electron chi connectivity index (χ0n) is 10.9. The summed E-state index contributed by atoms with van der Waals surface area (Å²) < 4.78 is 0. The molecule has 0 saturated heterocycles. The molecule has 0 aliphatic rings. The average Bonchev–Trinajstić information content (AvgIpc) is 2.38. The van der Waals surface area contributed by atoms with Crippen molar-refractivity contribution in [3.63, 3.8) is 0 Å². The van der Waals surface area contributed by atoms with Crippen molar-refractivity contribution >= 4 is 17.7 Å². The highest BCUT2D eigenvalue weighted by Crippen LogP contribution is 2.18. The van der Waals surface area contributed by atoms with E-state index in [9.17, 15) is 9.59 Å². The predicted octanol–water partition coefficient (Wildman–Crippen LogP) is 1.42. The fraction of sp³-hybridized carbons (Fsp3) is 0.214. The number of aryl methyl sites for hydroxylation is 1. The largest absolute Gasteiger partial charge is 0.480 e. The minimum absolute atomic E-state index is 0.133. The first-order valence-electron chi connectivity index (χ1n) is 5.70. The normalized spacial score (nSPS) is 9.15. The third kappa shape index (κ3) is 3.76. The van der Waals surface area contributed by atoms with Crippen LogP contribution in [-0.2, 0) is 4.79 Å². The van der Waals surface area contributed by atoms with Gasteiger partial charge in [-0.25, -0.2) is 4.79 Å². The molecule has 0 bridgehead atoms. The zero-order valence-corrected chi connectivity index (χ0v) is 10.9. The molecular weight excluding hydrogens is 258 g/mol. The maximum absolute atomic E-state index is 12.0. The molecule has 102 valence electrons. The van der Waals surface area contributed by atoms with E-state index in [-0.39, 0.29) is 6.54 Å². The summed E-state index contributed by atoms with van der Waals surface area (Å²) in [6.07, 6.45) is 5.10. The molecule has 2 N–H and O–H groups in total. The SMILES string of the molecule is C#CCN(CC(=O)O)C(=O)Nc1cccc(C)c1C#N. The van der Waals surface area contributed by atoms with Gasteiger partial charge in [-0.05, 0) is 18.6 Å². The van der Waals surface area contributed by atoms with Crippen LogP contribution >= 0.6 is 0 Å². The van der Waals surface area contributed by atoms with Gasteiger partial charge in [0.15, 0.2) is 0 Å². The van der Waals surface area contributed by atoms with E-state index in [1.807, 2.05) is 6.07 Å². The number of urea groups is 1. The Labute approximate surface area is 116 Å². The number of carboxylic acids is 1. The lowest BCUT2D eigenvalue weighted by atomic mass is 10.1. The second-order valence-corrected chi connectivity index (χ2v) is 3.99. The van der Waals surface area contributed by atoms with Gasteiger partial charge >= 0.3 is 12.0 Å². The number of aliphatic carboxylic acids is 1. The van der Waals surface area contributed by atoms with Crippen molar-refractivity contribution in [3.05, 3.63) is 29.3 Å². The first-order chi connectivity index (χ1) is 9.49. The van der Waals surface area contributed by atoms with Gasteiger partial charge in [-0.15, -0.1) is 6.42 Å². The number of carbonyl (C=O) groups excluding carboxylic acids is 1. The summed E-state index contributed by atoms with van der Waals surface area (Å²) in [4.78, 5) is 23.6. The van der Waals surface area contributed by atoms with Gasteiger partial charge < -0.3 is 15.3 Å². The monoisotopic (exact) mass is 271 g/mol. The summed E-state index contributed by atoms with van der Waals surface area (Å²) in [6, 6.07) is 6.33. The van der Waals surface area contributed by atoms with Gasteiger partial charge in [-0.2, -0.15) is 5.26 Å². The van der Waals surface area contributed by atoms with Crippen molar-refractivity contribution in [2.75, 3.05) is 18.4 Å². The fourth-order valence-electron chi connectivity index (χ4n) is 1.59. The Morgan fingerprint density at radius 2 is 2.20 bits per heavy atom. The standard InChI is InChI=1S/C14H13N3O3/c1-3-7-17(9-13(18)19)14(20)16-12-6-4-5-10(2)11(12)8-15/h1,4-6H,7,9H2,2H3,(H,16,20)(H,18,19). The van der Waals surface area contributed by atoms with Crippen LogP contribution in [0, 0.1) is 30.6 Å². The molecule has 0 aliphatic heterocycles. The van der Waals surface area contributed by atoms with Crippen LogP contribution in [0.4, 0.5) is 10.5 Å². The van der Waals surface area contributed by atoms with E-state index in [0.29, 0.717) is 16.8 Å². The van der Waals surface area contributed by atoms with Gasteiger partial charge in [0.05, 0.1) is 17.8 Å².